The molecule has 2 aromatic rings. The van der Waals surface area contributed by atoms with E-state index in [9.17, 15) is 9.90 Å². The molecule has 7 heteroatoms. The summed E-state index contributed by atoms with van der Waals surface area (Å²) in [7, 11) is 3.10. The number of hydrogen-bond acceptors (Lipinski definition) is 5. The van der Waals surface area contributed by atoms with Gasteiger partial charge in [-0.3, -0.25) is 9.69 Å². The molecule has 6 nitrogen and oxygen atoms in total. The Balaban J connectivity index is 2.12. The van der Waals surface area contributed by atoms with E-state index < -0.39 is 5.97 Å². The highest BCUT2D eigenvalue weighted by Gasteiger charge is 2.23. The van der Waals surface area contributed by atoms with Gasteiger partial charge in [0.25, 0.3) is 0 Å². The number of benzene rings is 2. The first kappa shape index (κ1) is 17.4. The minimum atomic E-state index is -0.905. The summed E-state index contributed by atoms with van der Waals surface area (Å²) in [5.41, 5.74) is 1.57. The molecule has 1 aliphatic rings. The summed E-state index contributed by atoms with van der Waals surface area (Å²) in [5, 5.41) is 9.76. The number of rotatable bonds is 4. The zero-order chi connectivity index (χ0) is 18.0. The Morgan fingerprint density at radius 3 is 2.60 bits per heavy atom. The van der Waals surface area contributed by atoms with Gasteiger partial charge < -0.3 is 19.3 Å². The van der Waals surface area contributed by atoms with Gasteiger partial charge in [-0.25, -0.2) is 0 Å². The van der Waals surface area contributed by atoms with Crippen molar-refractivity contribution >= 4 is 17.6 Å². The Bertz CT molecular complexity index is 808. The van der Waals surface area contributed by atoms with Gasteiger partial charge in [-0.05, 0) is 18.2 Å². The summed E-state index contributed by atoms with van der Waals surface area (Å²) in [4.78, 5) is 13.0. The fraction of sp³-hybridized carbons (Fsp3) is 0.278. The molecule has 0 atom stereocenters. The Kier molecular flexibility index (Phi) is 5.01. The van der Waals surface area contributed by atoms with Crippen LogP contribution < -0.4 is 14.2 Å². The van der Waals surface area contributed by atoms with E-state index in [2.05, 4.69) is 0 Å². The first-order valence-corrected chi connectivity index (χ1v) is 8.04. The van der Waals surface area contributed by atoms with Gasteiger partial charge in [0, 0.05) is 35.3 Å². The highest BCUT2D eigenvalue weighted by Crippen LogP contribution is 2.41. The molecule has 1 N–H and O–H groups in total. The predicted molar refractivity (Wildman–Crippen MR) is 92.8 cm³/mol. The quantitative estimate of drug-likeness (QED) is 0.896. The number of methoxy groups -OCH3 is 2. The van der Waals surface area contributed by atoms with Crippen molar-refractivity contribution in [2.45, 2.75) is 13.1 Å². The summed E-state index contributed by atoms with van der Waals surface area (Å²) in [6.07, 6.45) is 0. The van der Waals surface area contributed by atoms with Crippen LogP contribution in [0.2, 0.25) is 5.02 Å². The summed E-state index contributed by atoms with van der Waals surface area (Å²) in [6, 6.07) is 8.91. The molecule has 0 aliphatic carbocycles. The van der Waals surface area contributed by atoms with Gasteiger partial charge in [0.2, 0.25) is 0 Å². The number of fused-ring (bicyclic) bond motifs is 2. The van der Waals surface area contributed by atoms with Gasteiger partial charge in [0.1, 0.15) is 11.5 Å². The molecule has 0 fully saturated rings. The van der Waals surface area contributed by atoms with Gasteiger partial charge in [-0.2, -0.15) is 0 Å². The fourth-order valence-electron chi connectivity index (χ4n) is 2.85. The van der Waals surface area contributed by atoms with E-state index in [1.54, 1.807) is 43.4 Å². The number of carbonyl (C=O) groups is 1. The zero-order valence-corrected chi connectivity index (χ0v) is 14.7. The predicted octanol–water partition coefficient (Wildman–Crippen LogP) is 3.55. The Labute approximate surface area is 150 Å². The van der Waals surface area contributed by atoms with Crippen molar-refractivity contribution in [3.8, 4) is 23.0 Å². The average Bonchev–Trinajstić information content (AvgIpc) is 2.56. The molecule has 0 bridgehead atoms. The molecule has 1 aliphatic heterocycles. The lowest BCUT2D eigenvalue weighted by atomic mass is 10.1. The second-order valence-corrected chi connectivity index (χ2v) is 6.08. The van der Waals surface area contributed by atoms with Crippen molar-refractivity contribution in [1.82, 2.24) is 4.90 Å². The smallest absolute Gasteiger partial charge is 0.317 e. The Hall–Kier alpha value is -2.44. The molecular formula is C18H18ClNO5. The SMILES string of the molecule is COc1cc2c(cc1OC)Oc1cccc(Cl)c1CN(CC(=O)O)C2. The number of carboxylic acid groups (broad SMARTS) is 1. The van der Waals surface area contributed by atoms with Crippen molar-refractivity contribution in [2.75, 3.05) is 20.8 Å². The van der Waals surface area contributed by atoms with Crippen LogP contribution in [-0.2, 0) is 17.9 Å². The first-order valence-electron chi connectivity index (χ1n) is 7.66. The topological polar surface area (TPSA) is 68.2 Å². The molecule has 3 rings (SSSR count). The highest BCUT2D eigenvalue weighted by atomic mass is 35.5. The summed E-state index contributed by atoms with van der Waals surface area (Å²) >= 11 is 6.30. The van der Waals surface area contributed by atoms with Crippen LogP contribution in [0.5, 0.6) is 23.0 Å². The van der Waals surface area contributed by atoms with E-state index >= 15 is 0 Å². The normalized spacial score (nSPS) is 13.7. The lowest BCUT2D eigenvalue weighted by Crippen LogP contribution is -2.30. The largest absolute Gasteiger partial charge is 0.493 e. The standard InChI is InChI=1S/C18H18ClNO5/c1-23-16-6-11-8-20(10-18(21)22)9-12-13(19)4-3-5-14(12)25-15(11)7-17(16)24-2/h3-7H,8-10H2,1-2H3,(H,21,22). The molecule has 0 saturated carbocycles. The first-order chi connectivity index (χ1) is 12.0. The van der Waals surface area contributed by atoms with Crippen LogP contribution in [0.4, 0.5) is 0 Å². The molecule has 0 radical (unpaired) electrons. The summed E-state index contributed by atoms with van der Waals surface area (Å²) in [6.45, 7) is 0.639. The van der Waals surface area contributed by atoms with Crippen LogP contribution >= 0.6 is 11.6 Å². The van der Waals surface area contributed by atoms with Gasteiger partial charge in [-0.1, -0.05) is 17.7 Å². The Morgan fingerprint density at radius 2 is 1.92 bits per heavy atom. The van der Waals surface area contributed by atoms with E-state index in [-0.39, 0.29) is 6.54 Å². The minimum Gasteiger partial charge on any atom is -0.493 e. The van der Waals surface area contributed by atoms with Gasteiger partial charge in [0.05, 0.1) is 20.8 Å². The van der Waals surface area contributed by atoms with E-state index in [4.69, 9.17) is 25.8 Å². The minimum absolute atomic E-state index is 0.113. The number of ether oxygens (including phenoxy) is 3. The van der Waals surface area contributed by atoms with Crippen molar-refractivity contribution in [3.05, 3.63) is 46.5 Å². The molecule has 25 heavy (non-hydrogen) atoms. The number of halogens is 1. The monoisotopic (exact) mass is 363 g/mol. The fourth-order valence-corrected chi connectivity index (χ4v) is 3.08. The lowest BCUT2D eigenvalue weighted by Gasteiger charge is -2.27. The molecule has 1 heterocycles. The molecule has 0 unspecified atom stereocenters. The molecule has 0 amide bonds. The van der Waals surface area contributed by atoms with Crippen LogP contribution in [0.1, 0.15) is 11.1 Å². The molecule has 0 aromatic heterocycles. The van der Waals surface area contributed by atoms with E-state index in [0.29, 0.717) is 41.1 Å². The number of hydrogen-bond donors (Lipinski definition) is 1. The zero-order valence-electron chi connectivity index (χ0n) is 13.9. The van der Waals surface area contributed by atoms with E-state index in [0.717, 1.165) is 11.1 Å². The maximum absolute atomic E-state index is 11.2. The summed E-state index contributed by atoms with van der Waals surface area (Å²) < 4.78 is 16.7. The number of nitrogens with zero attached hydrogens (tertiary/aromatic N) is 1. The number of aliphatic carboxylic acids is 1. The third-order valence-electron chi connectivity index (χ3n) is 4.00. The maximum atomic E-state index is 11.2. The van der Waals surface area contributed by atoms with Crippen molar-refractivity contribution in [2.24, 2.45) is 0 Å². The molecule has 0 spiro atoms. The van der Waals surface area contributed by atoms with Gasteiger partial charge in [0.15, 0.2) is 11.5 Å². The number of carboxylic acids is 1. The molecule has 2 aromatic carbocycles. The van der Waals surface area contributed by atoms with Crippen LogP contribution in [-0.4, -0.2) is 36.7 Å². The van der Waals surface area contributed by atoms with Gasteiger partial charge in [-0.15, -0.1) is 0 Å². The van der Waals surface area contributed by atoms with Crippen LogP contribution in [0.15, 0.2) is 30.3 Å². The van der Waals surface area contributed by atoms with Crippen LogP contribution in [0.25, 0.3) is 0 Å². The van der Waals surface area contributed by atoms with E-state index in [1.165, 1.54) is 0 Å². The average molecular weight is 364 g/mol. The lowest BCUT2D eigenvalue weighted by molar-refractivity contribution is -0.138. The third kappa shape index (κ3) is 3.65. The maximum Gasteiger partial charge on any atom is 0.317 e. The second kappa shape index (κ2) is 7.21. The Morgan fingerprint density at radius 1 is 1.20 bits per heavy atom. The molecule has 132 valence electrons. The van der Waals surface area contributed by atoms with Gasteiger partial charge >= 0.3 is 5.97 Å². The third-order valence-corrected chi connectivity index (χ3v) is 4.35. The van der Waals surface area contributed by atoms with E-state index in [1.807, 2.05) is 6.07 Å². The van der Waals surface area contributed by atoms with Crippen LogP contribution in [0, 0.1) is 0 Å². The van der Waals surface area contributed by atoms with Crippen molar-refractivity contribution in [3.63, 3.8) is 0 Å². The highest BCUT2D eigenvalue weighted by molar-refractivity contribution is 6.31. The second-order valence-electron chi connectivity index (χ2n) is 5.67. The summed E-state index contributed by atoms with van der Waals surface area (Å²) in [5.74, 6) is 1.37. The van der Waals surface area contributed by atoms with Crippen LogP contribution in [0.3, 0.4) is 0 Å². The van der Waals surface area contributed by atoms with Crippen molar-refractivity contribution in [1.29, 1.82) is 0 Å². The van der Waals surface area contributed by atoms with Crippen molar-refractivity contribution < 1.29 is 24.1 Å². The molecular weight excluding hydrogens is 346 g/mol. The molecule has 0 saturated heterocycles.